The fraction of sp³-hybridized carbons (Fsp3) is 0.250. The van der Waals surface area contributed by atoms with Crippen LogP contribution in [0.25, 0.3) is 0 Å². The van der Waals surface area contributed by atoms with E-state index in [2.05, 4.69) is 10.3 Å². The smallest absolute Gasteiger partial charge is 0.225 e. The second kappa shape index (κ2) is 4.07. The normalized spacial score (nSPS) is 9.50. The molecule has 0 aliphatic rings. The van der Waals surface area contributed by atoms with Crippen LogP contribution in [-0.4, -0.2) is 17.9 Å². The van der Waals surface area contributed by atoms with E-state index in [-0.39, 0.29) is 5.91 Å². The van der Waals surface area contributed by atoms with E-state index in [1.54, 1.807) is 19.2 Å². The van der Waals surface area contributed by atoms with Gasteiger partial charge in [-0.25, -0.2) is 0 Å². The summed E-state index contributed by atoms with van der Waals surface area (Å²) in [6.45, 7) is 0. The van der Waals surface area contributed by atoms with E-state index in [9.17, 15) is 4.79 Å². The summed E-state index contributed by atoms with van der Waals surface area (Å²) in [6, 6.07) is 3.45. The van der Waals surface area contributed by atoms with Crippen LogP contribution in [0.15, 0.2) is 18.3 Å². The number of hydrogen-bond donors (Lipinski definition) is 1. The molecule has 0 unspecified atom stereocenters. The van der Waals surface area contributed by atoms with Crippen LogP contribution in [0.4, 0.5) is 0 Å². The Labute approximate surface area is 75.8 Å². The summed E-state index contributed by atoms with van der Waals surface area (Å²) in [5.74, 6) is -0.0511. The second-order valence-electron chi connectivity index (χ2n) is 2.32. The summed E-state index contributed by atoms with van der Waals surface area (Å²) in [7, 11) is 1.60. The number of aromatic nitrogens is 1. The molecular formula is C8H9ClN2O. The van der Waals surface area contributed by atoms with Gasteiger partial charge < -0.3 is 5.32 Å². The lowest BCUT2D eigenvalue weighted by Gasteiger charge is -1.98. The number of likely N-dealkylation sites (N-methyl/N-ethyl adjacent to an activating group) is 1. The van der Waals surface area contributed by atoms with Crippen LogP contribution in [-0.2, 0) is 11.2 Å². The van der Waals surface area contributed by atoms with Gasteiger partial charge in [-0.3, -0.25) is 9.78 Å². The predicted molar refractivity (Wildman–Crippen MR) is 47.0 cm³/mol. The van der Waals surface area contributed by atoms with E-state index in [0.29, 0.717) is 11.4 Å². The zero-order valence-electron chi connectivity index (χ0n) is 6.67. The Kier molecular flexibility index (Phi) is 3.05. The van der Waals surface area contributed by atoms with Crippen molar-refractivity contribution in [1.29, 1.82) is 0 Å². The van der Waals surface area contributed by atoms with Gasteiger partial charge in [0.15, 0.2) is 0 Å². The minimum Gasteiger partial charge on any atom is -0.359 e. The molecule has 0 atom stereocenters. The summed E-state index contributed by atoms with van der Waals surface area (Å²) < 4.78 is 0. The third-order valence-corrected chi connectivity index (χ3v) is 1.63. The molecule has 0 saturated heterocycles. The van der Waals surface area contributed by atoms with Crippen molar-refractivity contribution < 1.29 is 4.79 Å². The highest BCUT2D eigenvalue weighted by atomic mass is 35.5. The molecule has 0 radical (unpaired) electrons. The van der Waals surface area contributed by atoms with Crippen molar-refractivity contribution in [2.24, 2.45) is 0 Å². The Morgan fingerprint density at radius 1 is 1.67 bits per heavy atom. The average Bonchev–Trinajstić information content (AvgIpc) is 2.09. The van der Waals surface area contributed by atoms with E-state index in [4.69, 9.17) is 11.6 Å². The minimum absolute atomic E-state index is 0.0511. The maximum absolute atomic E-state index is 10.9. The van der Waals surface area contributed by atoms with Crippen LogP contribution in [0, 0.1) is 0 Å². The first-order valence-electron chi connectivity index (χ1n) is 3.53. The molecule has 0 saturated carbocycles. The quantitative estimate of drug-likeness (QED) is 0.746. The van der Waals surface area contributed by atoms with E-state index < -0.39 is 0 Å². The number of amides is 1. The van der Waals surface area contributed by atoms with Gasteiger partial charge in [0.2, 0.25) is 5.91 Å². The van der Waals surface area contributed by atoms with Crippen molar-refractivity contribution in [3.05, 3.63) is 29.0 Å². The Morgan fingerprint density at radius 2 is 2.42 bits per heavy atom. The number of carbonyl (C=O) groups excluding carboxylic acids is 1. The molecule has 0 aromatic carbocycles. The lowest BCUT2D eigenvalue weighted by Crippen LogP contribution is -2.20. The van der Waals surface area contributed by atoms with E-state index in [0.717, 1.165) is 5.69 Å². The molecule has 1 N–H and O–H groups in total. The highest BCUT2D eigenvalue weighted by Crippen LogP contribution is 2.06. The first-order valence-corrected chi connectivity index (χ1v) is 3.91. The number of carbonyl (C=O) groups is 1. The van der Waals surface area contributed by atoms with Crippen LogP contribution in [0.3, 0.4) is 0 Å². The number of nitrogens with zero attached hydrogens (tertiary/aromatic N) is 1. The lowest BCUT2D eigenvalue weighted by molar-refractivity contribution is -0.120. The number of hydrogen-bond acceptors (Lipinski definition) is 2. The number of rotatable bonds is 2. The van der Waals surface area contributed by atoms with Crippen molar-refractivity contribution in [3.63, 3.8) is 0 Å². The number of nitrogens with one attached hydrogen (secondary N) is 1. The maximum Gasteiger partial charge on any atom is 0.225 e. The zero-order chi connectivity index (χ0) is 8.97. The molecule has 4 heteroatoms. The molecule has 3 nitrogen and oxygen atoms in total. The molecule has 1 aromatic heterocycles. The van der Waals surface area contributed by atoms with Crippen LogP contribution in [0.2, 0.25) is 5.02 Å². The van der Waals surface area contributed by atoms with E-state index in [1.165, 1.54) is 6.20 Å². The van der Waals surface area contributed by atoms with E-state index in [1.807, 2.05) is 0 Å². The highest BCUT2D eigenvalue weighted by molar-refractivity contribution is 6.30. The molecule has 0 fully saturated rings. The van der Waals surface area contributed by atoms with Gasteiger partial charge in [0, 0.05) is 18.9 Å². The van der Waals surface area contributed by atoms with Crippen LogP contribution in [0.5, 0.6) is 0 Å². The molecule has 64 valence electrons. The Morgan fingerprint density at radius 3 is 2.92 bits per heavy atom. The zero-order valence-corrected chi connectivity index (χ0v) is 7.43. The first kappa shape index (κ1) is 9.00. The molecule has 1 amide bonds. The summed E-state index contributed by atoms with van der Waals surface area (Å²) in [5, 5.41) is 3.10. The van der Waals surface area contributed by atoms with Gasteiger partial charge in [0.1, 0.15) is 0 Å². The van der Waals surface area contributed by atoms with Gasteiger partial charge >= 0.3 is 0 Å². The summed E-state index contributed by atoms with van der Waals surface area (Å²) in [5.41, 5.74) is 0.721. The van der Waals surface area contributed by atoms with Crippen molar-refractivity contribution in [2.75, 3.05) is 7.05 Å². The standard InChI is InChI=1S/C8H9ClN2O/c1-10-8(12)4-7-3-2-6(9)5-11-7/h2-3,5H,4H2,1H3,(H,10,12). The lowest BCUT2D eigenvalue weighted by atomic mass is 10.2. The molecule has 12 heavy (non-hydrogen) atoms. The fourth-order valence-corrected chi connectivity index (χ4v) is 0.876. The molecule has 0 bridgehead atoms. The third kappa shape index (κ3) is 2.51. The SMILES string of the molecule is CNC(=O)Cc1ccc(Cl)cn1. The molecule has 1 heterocycles. The highest BCUT2D eigenvalue weighted by Gasteiger charge is 2.00. The molecule has 0 spiro atoms. The number of pyridine rings is 1. The van der Waals surface area contributed by atoms with Crippen molar-refractivity contribution in [3.8, 4) is 0 Å². The van der Waals surface area contributed by atoms with Crippen molar-refractivity contribution >= 4 is 17.5 Å². The predicted octanol–water partition coefficient (Wildman–Crippen LogP) is 1.02. The van der Waals surface area contributed by atoms with Crippen molar-refractivity contribution in [2.45, 2.75) is 6.42 Å². The first-order chi connectivity index (χ1) is 5.72. The van der Waals surface area contributed by atoms with Gasteiger partial charge in [-0.2, -0.15) is 0 Å². The number of halogens is 1. The second-order valence-corrected chi connectivity index (χ2v) is 2.75. The largest absolute Gasteiger partial charge is 0.359 e. The molecule has 1 rings (SSSR count). The molecule has 1 aromatic rings. The van der Waals surface area contributed by atoms with Crippen LogP contribution in [0.1, 0.15) is 5.69 Å². The maximum atomic E-state index is 10.9. The third-order valence-electron chi connectivity index (χ3n) is 1.41. The van der Waals surface area contributed by atoms with Gasteiger partial charge in [-0.15, -0.1) is 0 Å². The van der Waals surface area contributed by atoms with Gasteiger partial charge in [-0.1, -0.05) is 11.6 Å². The summed E-state index contributed by atoms with van der Waals surface area (Å²) in [4.78, 5) is 14.9. The molecule has 0 aliphatic heterocycles. The fourth-order valence-electron chi connectivity index (χ4n) is 0.764. The Balaban J connectivity index is 2.64. The topological polar surface area (TPSA) is 42.0 Å². The van der Waals surface area contributed by atoms with Gasteiger partial charge in [0.05, 0.1) is 11.4 Å². The van der Waals surface area contributed by atoms with Crippen LogP contribution >= 0.6 is 11.6 Å². The van der Waals surface area contributed by atoms with Gasteiger partial charge in [-0.05, 0) is 12.1 Å². The Hall–Kier alpha value is -1.09. The molecule has 0 aliphatic carbocycles. The van der Waals surface area contributed by atoms with Gasteiger partial charge in [0.25, 0.3) is 0 Å². The van der Waals surface area contributed by atoms with Crippen molar-refractivity contribution in [1.82, 2.24) is 10.3 Å². The van der Waals surface area contributed by atoms with Crippen LogP contribution < -0.4 is 5.32 Å². The van der Waals surface area contributed by atoms with E-state index >= 15 is 0 Å². The molecular weight excluding hydrogens is 176 g/mol. The summed E-state index contributed by atoms with van der Waals surface area (Å²) in [6.07, 6.45) is 1.83. The average molecular weight is 185 g/mol. The minimum atomic E-state index is -0.0511. The Bertz CT molecular complexity index is 271. The monoisotopic (exact) mass is 184 g/mol. The summed E-state index contributed by atoms with van der Waals surface area (Å²) >= 11 is 5.62.